The van der Waals surface area contributed by atoms with Crippen molar-refractivity contribution in [2.75, 3.05) is 11.9 Å². The quantitative estimate of drug-likeness (QED) is 0.380. The number of nitrogens with one attached hydrogen (secondary N) is 1. The molecule has 8 nitrogen and oxygen atoms in total. The Hall–Kier alpha value is -1.52. The summed E-state index contributed by atoms with van der Waals surface area (Å²) in [6, 6.07) is 2.49. The fourth-order valence-corrected chi connectivity index (χ4v) is 3.93. The number of nitro groups is 1. The summed E-state index contributed by atoms with van der Waals surface area (Å²) in [7, 11) is 0. The Morgan fingerprint density at radius 1 is 1.24 bits per heavy atom. The van der Waals surface area contributed by atoms with E-state index in [0.717, 1.165) is 19.3 Å². The summed E-state index contributed by atoms with van der Waals surface area (Å²) >= 11 is 6.30. The SMILES string of the molecule is O=C(COC(=O)C1(O)CCCCC1)Nc1c(Br)cc([N+](=O)[O-])cc1Br. The Morgan fingerprint density at radius 2 is 1.80 bits per heavy atom. The van der Waals surface area contributed by atoms with Gasteiger partial charge in [0.05, 0.1) is 10.6 Å². The summed E-state index contributed by atoms with van der Waals surface area (Å²) in [5.41, 5.74) is -1.39. The third kappa shape index (κ3) is 4.99. The second kappa shape index (κ2) is 8.24. The molecule has 0 atom stereocenters. The van der Waals surface area contributed by atoms with Gasteiger partial charge in [0.15, 0.2) is 12.2 Å². The molecule has 0 saturated heterocycles. The van der Waals surface area contributed by atoms with Gasteiger partial charge in [-0.25, -0.2) is 4.79 Å². The van der Waals surface area contributed by atoms with E-state index in [-0.39, 0.29) is 11.4 Å². The summed E-state index contributed by atoms with van der Waals surface area (Å²) in [6.07, 6.45) is 3.08. The van der Waals surface area contributed by atoms with Gasteiger partial charge < -0.3 is 15.2 Å². The van der Waals surface area contributed by atoms with Crippen LogP contribution in [-0.2, 0) is 14.3 Å². The summed E-state index contributed by atoms with van der Waals surface area (Å²) in [6.45, 7) is -0.559. The third-order valence-electron chi connectivity index (χ3n) is 3.90. The molecule has 1 fully saturated rings. The lowest BCUT2D eigenvalue weighted by Gasteiger charge is -2.29. The zero-order valence-electron chi connectivity index (χ0n) is 13.1. The van der Waals surface area contributed by atoms with Crippen LogP contribution in [0, 0.1) is 10.1 Å². The number of hydrogen-bond acceptors (Lipinski definition) is 6. The van der Waals surface area contributed by atoms with E-state index in [4.69, 9.17) is 4.74 Å². The van der Waals surface area contributed by atoms with Crippen molar-refractivity contribution in [1.82, 2.24) is 0 Å². The van der Waals surface area contributed by atoms with Crippen LogP contribution < -0.4 is 5.32 Å². The van der Waals surface area contributed by atoms with Crippen LogP contribution in [0.4, 0.5) is 11.4 Å². The molecule has 1 saturated carbocycles. The zero-order valence-corrected chi connectivity index (χ0v) is 16.3. The molecule has 2 N–H and O–H groups in total. The molecule has 1 aromatic rings. The van der Waals surface area contributed by atoms with Crippen molar-refractivity contribution in [3.8, 4) is 0 Å². The van der Waals surface area contributed by atoms with Crippen LogP contribution >= 0.6 is 31.9 Å². The highest BCUT2D eigenvalue weighted by molar-refractivity contribution is 9.11. The zero-order chi connectivity index (χ0) is 18.6. The van der Waals surface area contributed by atoms with Gasteiger partial charge in [-0.3, -0.25) is 14.9 Å². The Morgan fingerprint density at radius 3 is 2.32 bits per heavy atom. The van der Waals surface area contributed by atoms with Crippen LogP contribution in [0.25, 0.3) is 0 Å². The Labute approximate surface area is 160 Å². The van der Waals surface area contributed by atoms with E-state index in [1.807, 2.05) is 0 Å². The number of non-ortho nitro benzene ring substituents is 1. The number of carbonyl (C=O) groups excluding carboxylic acids is 2. The minimum absolute atomic E-state index is 0.150. The number of esters is 1. The van der Waals surface area contributed by atoms with Gasteiger partial charge in [-0.2, -0.15) is 0 Å². The molecule has 2 rings (SSSR count). The number of amides is 1. The van der Waals surface area contributed by atoms with Crippen molar-refractivity contribution in [2.45, 2.75) is 37.7 Å². The largest absolute Gasteiger partial charge is 0.453 e. The maximum absolute atomic E-state index is 12.0. The van der Waals surface area contributed by atoms with Crippen molar-refractivity contribution in [3.05, 3.63) is 31.2 Å². The molecule has 136 valence electrons. The average molecular weight is 480 g/mol. The number of anilines is 1. The molecule has 0 radical (unpaired) electrons. The lowest BCUT2D eigenvalue weighted by Crippen LogP contribution is -2.42. The number of carbonyl (C=O) groups is 2. The van der Waals surface area contributed by atoms with Gasteiger partial charge in [0.2, 0.25) is 0 Å². The van der Waals surface area contributed by atoms with Gasteiger partial charge in [-0.1, -0.05) is 6.42 Å². The fraction of sp³-hybridized carbons (Fsp3) is 0.467. The first-order valence-electron chi connectivity index (χ1n) is 7.56. The van der Waals surface area contributed by atoms with Gasteiger partial charge in [0, 0.05) is 21.1 Å². The number of benzene rings is 1. The Balaban J connectivity index is 1.96. The maximum atomic E-state index is 12.0. The van der Waals surface area contributed by atoms with Crippen LogP contribution in [0.3, 0.4) is 0 Å². The van der Waals surface area contributed by atoms with Gasteiger partial charge in [-0.15, -0.1) is 0 Å². The number of aliphatic hydroxyl groups is 1. The van der Waals surface area contributed by atoms with Crippen molar-refractivity contribution in [3.63, 3.8) is 0 Å². The minimum Gasteiger partial charge on any atom is -0.453 e. The predicted molar refractivity (Wildman–Crippen MR) is 96.1 cm³/mol. The lowest BCUT2D eigenvalue weighted by molar-refractivity contribution is -0.385. The summed E-state index contributed by atoms with van der Waals surface area (Å²) in [5, 5.41) is 23.5. The van der Waals surface area contributed by atoms with E-state index < -0.39 is 29.0 Å². The number of rotatable bonds is 5. The average Bonchev–Trinajstić information content (AvgIpc) is 2.56. The maximum Gasteiger partial charge on any atom is 0.338 e. The Kier molecular flexibility index (Phi) is 6.53. The molecule has 1 amide bonds. The highest BCUT2D eigenvalue weighted by atomic mass is 79.9. The summed E-state index contributed by atoms with van der Waals surface area (Å²) in [4.78, 5) is 34.2. The highest BCUT2D eigenvalue weighted by Gasteiger charge is 2.38. The highest BCUT2D eigenvalue weighted by Crippen LogP contribution is 2.35. The molecule has 0 aliphatic heterocycles. The monoisotopic (exact) mass is 478 g/mol. The van der Waals surface area contributed by atoms with E-state index in [1.165, 1.54) is 12.1 Å². The number of halogens is 2. The molecular weight excluding hydrogens is 464 g/mol. The fourth-order valence-electron chi connectivity index (χ4n) is 2.57. The molecule has 1 aliphatic rings. The molecule has 0 spiro atoms. The predicted octanol–water partition coefficient (Wildman–Crippen LogP) is 3.30. The molecule has 0 aromatic heterocycles. The van der Waals surface area contributed by atoms with Gasteiger partial charge in [-0.05, 0) is 57.5 Å². The molecule has 1 aromatic carbocycles. The van der Waals surface area contributed by atoms with Crippen molar-refractivity contribution in [1.29, 1.82) is 0 Å². The van der Waals surface area contributed by atoms with E-state index in [9.17, 15) is 24.8 Å². The number of nitro benzene ring substituents is 1. The number of nitrogens with zero attached hydrogens (tertiary/aromatic N) is 1. The normalized spacial score (nSPS) is 16.1. The van der Waals surface area contributed by atoms with Crippen LogP contribution in [0.1, 0.15) is 32.1 Å². The molecule has 0 unspecified atom stereocenters. The number of ether oxygens (including phenoxy) is 1. The van der Waals surface area contributed by atoms with Gasteiger partial charge in [0.25, 0.3) is 11.6 Å². The molecule has 1 aliphatic carbocycles. The van der Waals surface area contributed by atoms with E-state index in [2.05, 4.69) is 37.2 Å². The standard InChI is InChI=1S/C15H16Br2N2O6/c16-10-6-9(19(23)24)7-11(17)13(10)18-12(20)8-25-14(21)15(22)4-2-1-3-5-15/h6-7,22H,1-5,8H2,(H,18,20). The van der Waals surface area contributed by atoms with Crippen molar-refractivity contribution >= 4 is 55.1 Å². The lowest BCUT2D eigenvalue weighted by atomic mass is 9.85. The second-order valence-corrected chi connectivity index (χ2v) is 7.47. The van der Waals surface area contributed by atoms with Crippen LogP contribution in [0.2, 0.25) is 0 Å². The third-order valence-corrected chi connectivity index (χ3v) is 5.15. The topological polar surface area (TPSA) is 119 Å². The summed E-state index contributed by atoms with van der Waals surface area (Å²) in [5.74, 6) is -1.42. The molecule has 0 bridgehead atoms. The number of hydrogen-bond donors (Lipinski definition) is 2. The van der Waals surface area contributed by atoms with E-state index >= 15 is 0 Å². The second-order valence-electron chi connectivity index (χ2n) is 5.76. The van der Waals surface area contributed by atoms with Gasteiger partial charge in [0.1, 0.15) is 0 Å². The molecule has 0 heterocycles. The summed E-state index contributed by atoms with van der Waals surface area (Å²) < 4.78 is 5.53. The minimum atomic E-state index is -1.52. The van der Waals surface area contributed by atoms with Gasteiger partial charge >= 0.3 is 5.97 Å². The van der Waals surface area contributed by atoms with E-state index in [1.54, 1.807) is 0 Å². The molecular formula is C15H16Br2N2O6. The molecule has 25 heavy (non-hydrogen) atoms. The first kappa shape index (κ1) is 19.8. The van der Waals surface area contributed by atoms with Crippen molar-refractivity contribution < 1.29 is 24.4 Å². The first-order valence-corrected chi connectivity index (χ1v) is 9.14. The van der Waals surface area contributed by atoms with Crippen LogP contribution in [0.15, 0.2) is 21.1 Å². The Bertz CT molecular complexity index is 680. The van der Waals surface area contributed by atoms with E-state index in [0.29, 0.717) is 21.8 Å². The first-order chi connectivity index (χ1) is 11.7. The smallest absolute Gasteiger partial charge is 0.338 e. The molecule has 10 heteroatoms. The van der Waals surface area contributed by atoms with Crippen LogP contribution in [0.5, 0.6) is 0 Å². The van der Waals surface area contributed by atoms with Crippen molar-refractivity contribution in [2.24, 2.45) is 0 Å². The van der Waals surface area contributed by atoms with Crippen LogP contribution in [-0.4, -0.2) is 34.1 Å².